The molecule has 118 valence electrons. The molecular formula is C16H20N2O3S. The Kier molecular flexibility index (Phi) is 4.29. The lowest BCUT2D eigenvalue weighted by atomic mass is 10.2. The van der Waals surface area contributed by atoms with Crippen molar-refractivity contribution in [3.63, 3.8) is 0 Å². The van der Waals surface area contributed by atoms with Gasteiger partial charge in [-0.15, -0.1) is 11.3 Å². The Morgan fingerprint density at radius 2 is 1.77 bits per heavy atom. The van der Waals surface area contributed by atoms with Crippen LogP contribution in [-0.4, -0.2) is 53.6 Å². The summed E-state index contributed by atoms with van der Waals surface area (Å²) in [6.07, 6.45) is 2.84. The number of hydrogen-bond acceptors (Lipinski definition) is 4. The Morgan fingerprint density at radius 1 is 1.09 bits per heavy atom. The molecule has 1 saturated carbocycles. The van der Waals surface area contributed by atoms with Crippen LogP contribution in [0.3, 0.4) is 0 Å². The highest BCUT2D eigenvalue weighted by Gasteiger charge is 2.34. The molecule has 22 heavy (non-hydrogen) atoms. The molecule has 0 aromatic carbocycles. The second-order valence-corrected chi connectivity index (χ2v) is 6.91. The molecule has 2 fully saturated rings. The van der Waals surface area contributed by atoms with Crippen molar-refractivity contribution in [1.29, 1.82) is 0 Å². The van der Waals surface area contributed by atoms with Gasteiger partial charge < -0.3 is 9.80 Å². The topological polar surface area (TPSA) is 57.7 Å². The lowest BCUT2D eigenvalue weighted by Crippen LogP contribution is -2.37. The fourth-order valence-corrected chi connectivity index (χ4v) is 3.63. The Morgan fingerprint density at radius 3 is 2.41 bits per heavy atom. The summed E-state index contributed by atoms with van der Waals surface area (Å²) in [5.41, 5.74) is 0.591. The highest BCUT2D eigenvalue weighted by molar-refractivity contribution is 7.12. The Balaban J connectivity index is 1.63. The van der Waals surface area contributed by atoms with Gasteiger partial charge in [-0.05, 0) is 32.3 Å². The zero-order chi connectivity index (χ0) is 15.7. The lowest BCUT2D eigenvalue weighted by Gasteiger charge is -2.21. The Hall–Kier alpha value is -1.69. The van der Waals surface area contributed by atoms with Crippen LogP contribution in [0.4, 0.5) is 0 Å². The van der Waals surface area contributed by atoms with Crippen LogP contribution >= 0.6 is 11.3 Å². The normalized spacial score (nSPS) is 19.0. The molecule has 1 aromatic heterocycles. The smallest absolute Gasteiger partial charge is 0.264 e. The van der Waals surface area contributed by atoms with E-state index < -0.39 is 0 Å². The van der Waals surface area contributed by atoms with Gasteiger partial charge >= 0.3 is 0 Å². The number of amides is 2. The fourth-order valence-electron chi connectivity index (χ4n) is 2.72. The number of carbonyl (C=O) groups excluding carboxylic acids is 3. The zero-order valence-electron chi connectivity index (χ0n) is 12.7. The average molecular weight is 320 g/mol. The molecule has 2 aliphatic rings. The number of rotatable bonds is 3. The molecular weight excluding hydrogens is 300 g/mol. The van der Waals surface area contributed by atoms with Gasteiger partial charge in [-0.25, -0.2) is 0 Å². The highest BCUT2D eigenvalue weighted by Crippen LogP contribution is 2.31. The van der Waals surface area contributed by atoms with Crippen molar-refractivity contribution in [2.24, 2.45) is 5.92 Å². The number of Topliss-reactive ketones (excluding diaryl/α,β-unsaturated/α-hetero) is 1. The van der Waals surface area contributed by atoms with Crippen molar-refractivity contribution >= 4 is 28.9 Å². The molecule has 0 N–H and O–H groups in total. The van der Waals surface area contributed by atoms with E-state index >= 15 is 0 Å². The van der Waals surface area contributed by atoms with E-state index in [1.807, 2.05) is 4.90 Å². The monoisotopic (exact) mass is 320 g/mol. The third kappa shape index (κ3) is 3.21. The molecule has 1 aliphatic heterocycles. The first-order chi connectivity index (χ1) is 10.6. The predicted molar refractivity (Wildman–Crippen MR) is 84.1 cm³/mol. The first kappa shape index (κ1) is 15.2. The van der Waals surface area contributed by atoms with Crippen LogP contribution in [-0.2, 0) is 4.79 Å². The summed E-state index contributed by atoms with van der Waals surface area (Å²) in [5, 5.41) is 1.73. The van der Waals surface area contributed by atoms with Crippen molar-refractivity contribution in [3.8, 4) is 0 Å². The van der Waals surface area contributed by atoms with Gasteiger partial charge in [0.2, 0.25) is 5.91 Å². The summed E-state index contributed by atoms with van der Waals surface area (Å²) in [6, 6.07) is 1.67. The van der Waals surface area contributed by atoms with Crippen LogP contribution < -0.4 is 0 Å². The predicted octanol–water partition coefficient (Wildman–Crippen LogP) is 2.04. The maximum Gasteiger partial charge on any atom is 0.264 e. The van der Waals surface area contributed by atoms with Crippen molar-refractivity contribution in [2.45, 2.75) is 26.2 Å². The highest BCUT2D eigenvalue weighted by atomic mass is 32.1. The minimum Gasteiger partial charge on any atom is -0.341 e. The molecule has 1 saturated heterocycles. The van der Waals surface area contributed by atoms with E-state index in [1.54, 1.807) is 16.3 Å². The molecule has 0 radical (unpaired) electrons. The number of thiophene rings is 1. The van der Waals surface area contributed by atoms with Crippen molar-refractivity contribution in [2.75, 3.05) is 26.2 Å². The molecule has 0 atom stereocenters. The van der Waals surface area contributed by atoms with Gasteiger partial charge in [-0.2, -0.15) is 0 Å². The van der Waals surface area contributed by atoms with Crippen LogP contribution in [0.1, 0.15) is 46.2 Å². The Labute approximate surface area is 133 Å². The summed E-state index contributed by atoms with van der Waals surface area (Å²) >= 11 is 1.32. The number of nitrogens with zero attached hydrogens (tertiary/aromatic N) is 2. The maximum absolute atomic E-state index is 12.5. The molecule has 1 aliphatic carbocycles. The molecule has 1 aromatic rings. The molecule has 6 heteroatoms. The average Bonchev–Trinajstić information content (AvgIpc) is 3.27. The number of hydrogen-bond donors (Lipinski definition) is 0. The number of ketones is 1. The lowest BCUT2D eigenvalue weighted by molar-refractivity contribution is -0.132. The van der Waals surface area contributed by atoms with Crippen LogP contribution in [0.5, 0.6) is 0 Å². The SMILES string of the molecule is CC(=O)c1csc(C(=O)N2CCCN(C(=O)C3CC3)CC2)c1. The standard InChI is InChI=1S/C16H20N2O3S/c1-11(19)13-9-14(22-10-13)16(21)18-6-2-5-17(7-8-18)15(20)12-3-4-12/h9-10,12H,2-8H2,1H3. The molecule has 5 nitrogen and oxygen atoms in total. The van der Waals surface area contributed by atoms with E-state index in [0.29, 0.717) is 30.1 Å². The Bertz CT molecular complexity index is 606. The van der Waals surface area contributed by atoms with E-state index in [-0.39, 0.29) is 23.5 Å². The van der Waals surface area contributed by atoms with Crippen LogP contribution in [0, 0.1) is 5.92 Å². The maximum atomic E-state index is 12.5. The van der Waals surface area contributed by atoms with Gasteiger partial charge in [0.05, 0.1) is 4.88 Å². The van der Waals surface area contributed by atoms with E-state index in [2.05, 4.69) is 0 Å². The van der Waals surface area contributed by atoms with Crippen molar-refractivity contribution in [1.82, 2.24) is 9.80 Å². The largest absolute Gasteiger partial charge is 0.341 e. The van der Waals surface area contributed by atoms with Gasteiger partial charge in [0, 0.05) is 43.0 Å². The molecule has 0 spiro atoms. The van der Waals surface area contributed by atoms with Gasteiger partial charge in [-0.3, -0.25) is 14.4 Å². The minimum absolute atomic E-state index is 0.0210. The summed E-state index contributed by atoms with van der Waals surface area (Å²) in [5.74, 6) is 0.438. The molecule has 2 heterocycles. The zero-order valence-corrected chi connectivity index (χ0v) is 13.5. The van der Waals surface area contributed by atoms with Crippen molar-refractivity contribution < 1.29 is 14.4 Å². The third-order valence-corrected chi connectivity index (χ3v) is 5.16. The summed E-state index contributed by atoms with van der Waals surface area (Å²) in [4.78, 5) is 40.3. The molecule has 0 unspecified atom stereocenters. The fraction of sp³-hybridized carbons (Fsp3) is 0.562. The van der Waals surface area contributed by atoms with E-state index in [9.17, 15) is 14.4 Å². The van der Waals surface area contributed by atoms with Crippen molar-refractivity contribution in [3.05, 3.63) is 21.9 Å². The minimum atomic E-state index is -0.0294. The molecule has 2 amide bonds. The first-order valence-corrected chi connectivity index (χ1v) is 8.62. The number of carbonyl (C=O) groups is 3. The molecule has 0 bridgehead atoms. The van der Waals surface area contributed by atoms with E-state index in [0.717, 1.165) is 25.8 Å². The summed E-state index contributed by atoms with van der Waals surface area (Å²) in [7, 11) is 0. The third-order valence-electron chi connectivity index (χ3n) is 4.24. The van der Waals surface area contributed by atoms with E-state index in [1.165, 1.54) is 18.3 Å². The second-order valence-electron chi connectivity index (χ2n) is 6.00. The second kappa shape index (κ2) is 6.20. The summed E-state index contributed by atoms with van der Waals surface area (Å²) in [6.45, 7) is 4.10. The van der Waals surface area contributed by atoms with Crippen LogP contribution in [0.15, 0.2) is 11.4 Å². The van der Waals surface area contributed by atoms with Gasteiger partial charge in [0.25, 0.3) is 5.91 Å². The van der Waals surface area contributed by atoms with Crippen LogP contribution in [0.2, 0.25) is 0 Å². The summed E-state index contributed by atoms with van der Waals surface area (Å²) < 4.78 is 0. The van der Waals surface area contributed by atoms with Gasteiger partial charge in [0.15, 0.2) is 5.78 Å². The van der Waals surface area contributed by atoms with Gasteiger partial charge in [-0.1, -0.05) is 0 Å². The molecule has 3 rings (SSSR count). The quantitative estimate of drug-likeness (QED) is 0.801. The first-order valence-electron chi connectivity index (χ1n) is 7.74. The van der Waals surface area contributed by atoms with Crippen LogP contribution in [0.25, 0.3) is 0 Å². The van der Waals surface area contributed by atoms with E-state index in [4.69, 9.17) is 0 Å². The van der Waals surface area contributed by atoms with Gasteiger partial charge in [0.1, 0.15) is 0 Å².